The summed E-state index contributed by atoms with van der Waals surface area (Å²) >= 11 is 0. The minimum Gasteiger partial charge on any atom is -0.459 e. The van der Waals surface area contributed by atoms with Crippen molar-refractivity contribution in [2.24, 2.45) is 0 Å². The minimum absolute atomic E-state index is 0.179. The molecule has 150 valence electrons. The average molecular weight is 402 g/mol. The summed E-state index contributed by atoms with van der Waals surface area (Å²) in [5.41, 5.74) is 2.04. The van der Waals surface area contributed by atoms with Crippen molar-refractivity contribution in [3.05, 3.63) is 84.6 Å². The fourth-order valence-electron chi connectivity index (χ4n) is 2.73. The molecule has 30 heavy (non-hydrogen) atoms. The third-order valence-corrected chi connectivity index (χ3v) is 4.23. The topological polar surface area (TPSA) is 110 Å². The lowest BCUT2D eigenvalue weighted by Gasteiger charge is -2.07. The summed E-state index contributed by atoms with van der Waals surface area (Å²) in [6, 6.07) is 19.5. The van der Waals surface area contributed by atoms with E-state index in [1.54, 1.807) is 36.4 Å². The zero-order chi connectivity index (χ0) is 20.8. The van der Waals surface area contributed by atoms with Crippen LogP contribution in [-0.4, -0.2) is 22.0 Å². The molecular formula is C22H18N4O4. The Morgan fingerprint density at radius 3 is 2.27 bits per heavy atom. The van der Waals surface area contributed by atoms with Gasteiger partial charge in [-0.25, -0.2) is 0 Å². The Hall–Kier alpha value is -4.20. The molecule has 4 aromatic rings. The van der Waals surface area contributed by atoms with Crippen LogP contribution in [0, 0.1) is 0 Å². The number of benzene rings is 2. The van der Waals surface area contributed by atoms with Crippen LogP contribution in [0.15, 0.2) is 81.8 Å². The smallest absolute Gasteiger partial charge is 0.291 e. The fraction of sp³-hybridized carbons (Fsp3) is 0.0909. The van der Waals surface area contributed by atoms with Gasteiger partial charge in [-0.2, -0.15) is 0 Å². The highest BCUT2D eigenvalue weighted by atomic mass is 16.4. The second-order valence-electron chi connectivity index (χ2n) is 6.42. The maximum atomic E-state index is 12.2. The molecule has 2 amide bonds. The molecule has 0 aliphatic rings. The van der Waals surface area contributed by atoms with Gasteiger partial charge in [0, 0.05) is 29.8 Å². The molecule has 2 heterocycles. The molecule has 2 N–H and O–H groups in total. The third kappa shape index (κ3) is 4.79. The Morgan fingerprint density at radius 1 is 0.833 bits per heavy atom. The molecule has 0 unspecified atom stereocenters. The maximum absolute atomic E-state index is 12.2. The van der Waals surface area contributed by atoms with Crippen LogP contribution < -0.4 is 10.6 Å². The van der Waals surface area contributed by atoms with E-state index in [0.717, 1.165) is 5.56 Å². The van der Waals surface area contributed by atoms with Gasteiger partial charge in [0.25, 0.3) is 5.91 Å². The zero-order valence-electron chi connectivity index (χ0n) is 15.9. The average Bonchev–Trinajstić information content (AvgIpc) is 3.47. The van der Waals surface area contributed by atoms with Crippen LogP contribution in [0.3, 0.4) is 0 Å². The molecule has 0 bridgehead atoms. The molecule has 0 atom stereocenters. The Morgan fingerprint density at radius 2 is 1.57 bits per heavy atom. The zero-order valence-corrected chi connectivity index (χ0v) is 15.9. The molecular weight excluding hydrogens is 384 g/mol. The number of anilines is 2. The Kier molecular flexibility index (Phi) is 5.66. The van der Waals surface area contributed by atoms with E-state index in [2.05, 4.69) is 20.8 Å². The number of hydrogen-bond donors (Lipinski definition) is 2. The number of carbonyl (C=O) groups is 2. The van der Waals surface area contributed by atoms with Crippen LogP contribution >= 0.6 is 0 Å². The largest absolute Gasteiger partial charge is 0.459 e. The Balaban J connectivity index is 1.27. The van der Waals surface area contributed by atoms with Crippen LogP contribution in [-0.2, 0) is 11.2 Å². The van der Waals surface area contributed by atoms with Gasteiger partial charge in [-0.15, -0.1) is 10.2 Å². The molecule has 2 aromatic carbocycles. The van der Waals surface area contributed by atoms with Crippen molar-refractivity contribution >= 4 is 23.2 Å². The number of carbonyl (C=O) groups excluding carboxylic acids is 2. The Labute approximate surface area is 171 Å². The number of furan rings is 1. The highest BCUT2D eigenvalue weighted by molar-refractivity contribution is 6.02. The molecule has 0 fully saturated rings. The Bertz CT molecular complexity index is 1120. The van der Waals surface area contributed by atoms with E-state index in [0.29, 0.717) is 29.6 Å². The van der Waals surface area contributed by atoms with E-state index in [-0.39, 0.29) is 24.0 Å². The standard InChI is InChI=1S/C22H18N4O4/c27-19(12-13-20-25-26-22(30-20)15-5-2-1-3-6-15)23-16-8-10-17(11-9-16)24-21(28)18-7-4-14-29-18/h1-11,14H,12-13H2,(H,23,27)(H,24,28). The van der Waals surface area contributed by atoms with E-state index in [4.69, 9.17) is 8.83 Å². The number of aryl methyl sites for hydroxylation is 1. The predicted octanol–water partition coefficient (Wildman–Crippen LogP) is 4.15. The highest BCUT2D eigenvalue weighted by Crippen LogP contribution is 2.18. The SMILES string of the molecule is O=C(CCc1nnc(-c2ccccc2)o1)Nc1ccc(NC(=O)c2ccco2)cc1. The molecule has 4 rings (SSSR count). The molecule has 0 spiro atoms. The van der Waals surface area contributed by atoms with Crippen molar-refractivity contribution in [1.82, 2.24) is 10.2 Å². The van der Waals surface area contributed by atoms with Crippen LogP contribution in [0.2, 0.25) is 0 Å². The number of rotatable bonds is 7. The van der Waals surface area contributed by atoms with Crippen molar-refractivity contribution in [3.8, 4) is 11.5 Å². The van der Waals surface area contributed by atoms with E-state index in [1.807, 2.05) is 30.3 Å². The second-order valence-corrected chi connectivity index (χ2v) is 6.42. The molecule has 0 saturated heterocycles. The minimum atomic E-state index is -0.341. The predicted molar refractivity (Wildman–Crippen MR) is 110 cm³/mol. The van der Waals surface area contributed by atoms with Crippen molar-refractivity contribution in [2.75, 3.05) is 10.6 Å². The fourth-order valence-corrected chi connectivity index (χ4v) is 2.73. The summed E-state index contributed by atoms with van der Waals surface area (Å²) < 4.78 is 10.7. The number of aromatic nitrogens is 2. The molecule has 0 aliphatic heterocycles. The number of nitrogens with one attached hydrogen (secondary N) is 2. The normalized spacial score (nSPS) is 10.5. The van der Waals surface area contributed by atoms with E-state index in [9.17, 15) is 9.59 Å². The number of hydrogen-bond acceptors (Lipinski definition) is 6. The van der Waals surface area contributed by atoms with Gasteiger partial charge in [0.1, 0.15) is 0 Å². The highest BCUT2D eigenvalue weighted by Gasteiger charge is 2.11. The molecule has 0 radical (unpaired) electrons. The first-order chi connectivity index (χ1) is 14.7. The van der Waals surface area contributed by atoms with Crippen LogP contribution in [0.25, 0.3) is 11.5 Å². The van der Waals surface area contributed by atoms with Crippen LogP contribution in [0.4, 0.5) is 11.4 Å². The van der Waals surface area contributed by atoms with E-state index in [1.165, 1.54) is 6.26 Å². The number of nitrogens with zero attached hydrogens (tertiary/aromatic N) is 2. The molecule has 8 nitrogen and oxygen atoms in total. The van der Waals surface area contributed by atoms with E-state index >= 15 is 0 Å². The summed E-state index contributed by atoms with van der Waals surface area (Å²) in [4.78, 5) is 24.2. The third-order valence-electron chi connectivity index (χ3n) is 4.23. The van der Waals surface area contributed by atoms with Gasteiger partial charge in [-0.1, -0.05) is 18.2 Å². The van der Waals surface area contributed by atoms with Crippen LogP contribution in [0.5, 0.6) is 0 Å². The van der Waals surface area contributed by atoms with Crippen LogP contribution in [0.1, 0.15) is 22.9 Å². The molecule has 2 aromatic heterocycles. The summed E-state index contributed by atoms with van der Waals surface area (Å²) in [6.07, 6.45) is 1.97. The lowest BCUT2D eigenvalue weighted by Crippen LogP contribution is -2.13. The van der Waals surface area contributed by atoms with Gasteiger partial charge in [-0.3, -0.25) is 9.59 Å². The van der Waals surface area contributed by atoms with Gasteiger partial charge in [0.2, 0.25) is 17.7 Å². The monoisotopic (exact) mass is 402 g/mol. The van der Waals surface area contributed by atoms with Gasteiger partial charge < -0.3 is 19.5 Å². The summed E-state index contributed by atoms with van der Waals surface area (Å²) in [7, 11) is 0. The molecule has 0 aliphatic carbocycles. The van der Waals surface area contributed by atoms with Gasteiger partial charge in [-0.05, 0) is 48.5 Å². The van der Waals surface area contributed by atoms with E-state index < -0.39 is 0 Å². The molecule has 0 saturated carbocycles. The quantitative estimate of drug-likeness (QED) is 0.480. The maximum Gasteiger partial charge on any atom is 0.291 e. The van der Waals surface area contributed by atoms with Crippen molar-refractivity contribution in [3.63, 3.8) is 0 Å². The van der Waals surface area contributed by atoms with Gasteiger partial charge >= 0.3 is 0 Å². The van der Waals surface area contributed by atoms with Crippen molar-refractivity contribution in [1.29, 1.82) is 0 Å². The summed E-state index contributed by atoms with van der Waals surface area (Å²) in [6.45, 7) is 0. The van der Waals surface area contributed by atoms with Gasteiger partial charge in [0.05, 0.1) is 6.26 Å². The first-order valence-corrected chi connectivity index (χ1v) is 9.30. The first kappa shape index (κ1) is 19.1. The lowest BCUT2D eigenvalue weighted by atomic mass is 10.2. The lowest BCUT2D eigenvalue weighted by molar-refractivity contribution is -0.116. The summed E-state index contributed by atoms with van der Waals surface area (Å²) in [5, 5.41) is 13.5. The second kappa shape index (κ2) is 8.87. The van der Waals surface area contributed by atoms with Crippen molar-refractivity contribution in [2.45, 2.75) is 12.8 Å². The van der Waals surface area contributed by atoms with Crippen molar-refractivity contribution < 1.29 is 18.4 Å². The number of amides is 2. The summed E-state index contributed by atoms with van der Waals surface area (Å²) in [5.74, 6) is 0.537. The first-order valence-electron chi connectivity index (χ1n) is 9.30. The van der Waals surface area contributed by atoms with Gasteiger partial charge in [0.15, 0.2) is 5.76 Å². The molecule has 8 heteroatoms.